The van der Waals surface area contributed by atoms with Crippen LogP contribution in [0.15, 0.2) is 0 Å². The minimum absolute atomic E-state index is 0.174. The van der Waals surface area contributed by atoms with Gasteiger partial charge >= 0.3 is 5.97 Å². The van der Waals surface area contributed by atoms with Crippen LogP contribution in [0.1, 0.15) is 19.8 Å². The van der Waals surface area contributed by atoms with Crippen molar-refractivity contribution < 1.29 is 24.2 Å². The van der Waals surface area contributed by atoms with Gasteiger partial charge in [0.25, 0.3) is 0 Å². The maximum Gasteiger partial charge on any atom is 0.307 e. The van der Waals surface area contributed by atoms with Gasteiger partial charge in [0.1, 0.15) is 0 Å². The molecular formula is C13H23NO5. The second-order valence-electron chi connectivity index (χ2n) is 5.02. The first-order valence-corrected chi connectivity index (χ1v) is 6.63. The molecule has 1 unspecified atom stereocenters. The molecule has 1 amide bonds. The molecule has 0 saturated heterocycles. The summed E-state index contributed by atoms with van der Waals surface area (Å²) in [6, 6.07) is 0. The summed E-state index contributed by atoms with van der Waals surface area (Å²) in [5.74, 6) is -1.72. The highest BCUT2D eigenvalue weighted by Gasteiger charge is 2.40. The maximum atomic E-state index is 11.9. The number of amides is 1. The number of aliphatic carboxylic acids is 1. The van der Waals surface area contributed by atoms with Gasteiger partial charge in [0, 0.05) is 13.7 Å². The third-order valence-corrected chi connectivity index (χ3v) is 3.43. The topological polar surface area (TPSA) is 84.9 Å². The van der Waals surface area contributed by atoms with Crippen LogP contribution in [0.25, 0.3) is 0 Å². The van der Waals surface area contributed by atoms with Gasteiger partial charge in [-0.3, -0.25) is 9.59 Å². The third kappa shape index (κ3) is 5.16. The summed E-state index contributed by atoms with van der Waals surface area (Å²) >= 11 is 0. The van der Waals surface area contributed by atoms with Crippen LogP contribution in [0.4, 0.5) is 0 Å². The van der Waals surface area contributed by atoms with Gasteiger partial charge in [-0.25, -0.2) is 0 Å². The van der Waals surface area contributed by atoms with Gasteiger partial charge in [-0.2, -0.15) is 0 Å². The van der Waals surface area contributed by atoms with E-state index in [9.17, 15) is 9.59 Å². The molecule has 0 aromatic carbocycles. The normalized spacial score (nSPS) is 26.3. The van der Waals surface area contributed by atoms with E-state index in [1.54, 1.807) is 7.11 Å². The SMILES string of the molecule is COCCOCCNC(=O)[C@H]1CC(C)C[C@H]1C(=O)O. The molecule has 1 aliphatic carbocycles. The Labute approximate surface area is 113 Å². The quantitative estimate of drug-likeness (QED) is 0.630. The molecule has 0 bridgehead atoms. The predicted octanol–water partition coefficient (Wildman–Crippen LogP) is 0.512. The van der Waals surface area contributed by atoms with Crippen LogP contribution in [0, 0.1) is 17.8 Å². The molecule has 0 spiro atoms. The summed E-state index contributed by atoms with van der Waals surface area (Å²) in [5.41, 5.74) is 0. The van der Waals surface area contributed by atoms with Gasteiger partial charge in [0.15, 0.2) is 0 Å². The van der Waals surface area contributed by atoms with Crippen LogP contribution in [0.3, 0.4) is 0 Å². The number of hydrogen-bond acceptors (Lipinski definition) is 4. The first kappa shape index (κ1) is 15.9. The Hall–Kier alpha value is -1.14. The van der Waals surface area contributed by atoms with Gasteiger partial charge in [-0.05, 0) is 18.8 Å². The Morgan fingerprint density at radius 1 is 1.21 bits per heavy atom. The van der Waals surface area contributed by atoms with Gasteiger partial charge in [-0.1, -0.05) is 6.92 Å². The van der Waals surface area contributed by atoms with E-state index in [1.165, 1.54) is 0 Å². The van der Waals surface area contributed by atoms with Crippen molar-refractivity contribution >= 4 is 11.9 Å². The van der Waals surface area contributed by atoms with Crippen LogP contribution in [0.5, 0.6) is 0 Å². The van der Waals surface area contributed by atoms with Crippen LogP contribution >= 0.6 is 0 Å². The lowest BCUT2D eigenvalue weighted by atomic mass is 9.95. The highest BCUT2D eigenvalue weighted by Crippen LogP contribution is 2.36. The summed E-state index contributed by atoms with van der Waals surface area (Å²) in [6.45, 7) is 3.81. The largest absolute Gasteiger partial charge is 0.481 e. The molecule has 6 heteroatoms. The fraction of sp³-hybridized carbons (Fsp3) is 0.846. The van der Waals surface area contributed by atoms with Crippen LogP contribution < -0.4 is 5.32 Å². The summed E-state index contributed by atoms with van der Waals surface area (Å²) in [4.78, 5) is 23.0. The van der Waals surface area contributed by atoms with Crippen molar-refractivity contribution in [2.24, 2.45) is 17.8 Å². The smallest absolute Gasteiger partial charge is 0.307 e. The van der Waals surface area contributed by atoms with Crippen molar-refractivity contribution in [3.8, 4) is 0 Å². The number of carboxylic acids is 1. The number of carbonyl (C=O) groups excluding carboxylic acids is 1. The number of hydrogen-bond donors (Lipinski definition) is 2. The molecule has 19 heavy (non-hydrogen) atoms. The van der Waals surface area contributed by atoms with E-state index < -0.39 is 17.8 Å². The molecule has 1 rings (SSSR count). The van der Waals surface area contributed by atoms with Crippen LogP contribution in [-0.4, -0.2) is 50.5 Å². The molecule has 0 heterocycles. The maximum absolute atomic E-state index is 11.9. The van der Waals surface area contributed by atoms with Crippen molar-refractivity contribution in [2.75, 3.05) is 33.5 Å². The highest BCUT2D eigenvalue weighted by molar-refractivity contribution is 5.85. The monoisotopic (exact) mass is 273 g/mol. The number of rotatable bonds is 8. The van der Waals surface area contributed by atoms with E-state index in [2.05, 4.69) is 5.32 Å². The zero-order valence-electron chi connectivity index (χ0n) is 11.6. The van der Waals surface area contributed by atoms with Gasteiger partial charge < -0.3 is 19.9 Å². The second-order valence-corrected chi connectivity index (χ2v) is 5.02. The predicted molar refractivity (Wildman–Crippen MR) is 68.7 cm³/mol. The highest BCUT2D eigenvalue weighted by atomic mass is 16.5. The standard InChI is InChI=1S/C13H23NO5/c1-9-7-10(11(8-9)13(16)17)12(15)14-3-4-19-6-5-18-2/h9-11H,3-8H2,1-2H3,(H,14,15)(H,16,17)/t9?,10-,11+/m0/s1. The molecular weight excluding hydrogens is 250 g/mol. The summed E-state index contributed by atoms with van der Waals surface area (Å²) < 4.78 is 10.1. The van der Waals surface area contributed by atoms with Gasteiger partial charge in [0.05, 0.1) is 31.7 Å². The van der Waals surface area contributed by atoms with E-state index in [1.807, 2.05) is 6.92 Å². The molecule has 1 aliphatic rings. The number of methoxy groups -OCH3 is 1. The molecule has 110 valence electrons. The van der Waals surface area contributed by atoms with Crippen molar-refractivity contribution in [1.29, 1.82) is 0 Å². The molecule has 0 aliphatic heterocycles. The van der Waals surface area contributed by atoms with E-state index in [-0.39, 0.29) is 11.8 Å². The Morgan fingerprint density at radius 2 is 1.89 bits per heavy atom. The minimum atomic E-state index is -0.874. The lowest BCUT2D eigenvalue weighted by Crippen LogP contribution is -2.37. The number of ether oxygens (including phenoxy) is 2. The van der Waals surface area contributed by atoms with E-state index in [4.69, 9.17) is 14.6 Å². The summed E-state index contributed by atoms with van der Waals surface area (Å²) in [5, 5.41) is 11.8. The summed E-state index contributed by atoms with van der Waals surface area (Å²) in [6.07, 6.45) is 1.23. The first-order valence-electron chi connectivity index (χ1n) is 6.63. The zero-order chi connectivity index (χ0) is 14.3. The average Bonchev–Trinajstić information content (AvgIpc) is 2.76. The minimum Gasteiger partial charge on any atom is -0.481 e. The van der Waals surface area contributed by atoms with Crippen molar-refractivity contribution in [1.82, 2.24) is 5.32 Å². The average molecular weight is 273 g/mol. The zero-order valence-corrected chi connectivity index (χ0v) is 11.6. The van der Waals surface area contributed by atoms with Gasteiger partial charge in [-0.15, -0.1) is 0 Å². The lowest BCUT2D eigenvalue weighted by Gasteiger charge is -2.15. The van der Waals surface area contributed by atoms with Crippen molar-refractivity contribution in [3.63, 3.8) is 0 Å². The number of carboxylic acid groups (broad SMARTS) is 1. The van der Waals surface area contributed by atoms with Gasteiger partial charge in [0.2, 0.25) is 5.91 Å². The van der Waals surface area contributed by atoms with Crippen LogP contribution in [0.2, 0.25) is 0 Å². The fourth-order valence-electron chi connectivity index (χ4n) is 2.48. The molecule has 1 saturated carbocycles. The number of carbonyl (C=O) groups is 2. The van der Waals surface area contributed by atoms with Crippen molar-refractivity contribution in [2.45, 2.75) is 19.8 Å². The lowest BCUT2D eigenvalue weighted by molar-refractivity contribution is -0.146. The molecule has 2 N–H and O–H groups in total. The molecule has 1 fully saturated rings. The molecule has 0 radical (unpaired) electrons. The Bertz CT molecular complexity index is 307. The van der Waals surface area contributed by atoms with Crippen LogP contribution in [-0.2, 0) is 19.1 Å². The Kier molecular flexibility index (Phi) is 6.80. The van der Waals surface area contributed by atoms with Crippen molar-refractivity contribution in [3.05, 3.63) is 0 Å². The first-order chi connectivity index (χ1) is 9.06. The molecule has 3 atom stereocenters. The number of nitrogens with one attached hydrogen (secondary N) is 1. The molecule has 0 aromatic rings. The Morgan fingerprint density at radius 3 is 2.53 bits per heavy atom. The summed E-state index contributed by atoms with van der Waals surface area (Å²) in [7, 11) is 1.60. The van der Waals surface area contributed by atoms with E-state index in [0.717, 1.165) is 0 Å². The van der Waals surface area contributed by atoms with E-state index in [0.29, 0.717) is 39.2 Å². The fourth-order valence-corrected chi connectivity index (χ4v) is 2.48. The molecule has 0 aromatic heterocycles. The second kappa shape index (κ2) is 8.12. The Balaban J connectivity index is 2.26. The molecule has 6 nitrogen and oxygen atoms in total. The van der Waals surface area contributed by atoms with E-state index >= 15 is 0 Å². The third-order valence-electron chi connectivity index (χ3n) is 3.43.